The number of nitrogens with one attached hydrogen (secondary N) is 1. The minimum atomic E-state index is -0.495. The maximum absolute atomic E-state index is 13.6. The van der Waals surface area contributed by atoms with Gasteiger partial charge in [0.1, 0.15) is 12.3 Å². The van der Waals surface area contributed by atoms with E-state index in [9.17, 15) is 14.5 Å². The van der Waals surface area contributed by atoms with Crippen LogP contribution in [0, 0.1) is 15.9 Å². The van der Waals surface area contributed by atoms with Crippen LogP contribution in [0.5, 0.6) is 5.75 Å². The quantitative estimate of drug-likeness (QED) is 0.647. The van der Waals surface area contributed by atoms with Crippen LogP contribution in [0.15, 0.2) is 40.9 Å². The van der Waals surface area contributed by atoms with Crippen LogP contribution in [-0.2, 0) is 6.61 Å². The maximum atomic E-state index is 13.6. The summed E-state index contributed by atoms with van der Waals surface area (Å²) in [5, 5.41) is 13.7. The standard InChI is InChI=1S/C14H12BrFN2O3/c1-17-12-4-2-9(6-13(12)18(19)20)8-21-14-5-3-10(15)7-11(14)16/h2-7,17H,8H2,1H3. The second-order valence-electron chi connectivity index (χ2n) is 4.22. The number of rotatable bonds is 5. The molecule has 0 atom stereocenters. The van der Waals surface area contributed by atoms with E-state index in [1.54, 1.807) is 25.2 Å². The molecule has 2 aromatic carbocycles. The predicted molar refractivity (Wildman–Crippen MR) is 81.1 cm³/mol. The summed E-state index contributed by atoms with van der Waals surface area (Å²) in [6.07, 6.45) is 0. The Bertz CT molecular complexity index is 679. The summed E-state index contributed by atoms with van der Waals surface area (Å²) < 4.78 is 19.6. The molecule has 0 aliphatic heterocycles. The molecule has 7 heteroatoms. The van der Waals surface area contributed by atoms with Crippen molar-refractivity contribution in [2.75, 3.05) is 12.4 Å². The molecule has 2 aromatic rings. The van der Waals surface area contributed by atoms with E-state index in [1.807, 2.05) is 0 Å². The second-order valence-corrected chi connectivity index (χ2v) is 5.14. The summed E-state index contributed by atoms with van der Waals surface area (Å²) in [6, 6.07) is 9.13. The highest BCUT2D eigenvalue weighted by Crippen LogP contribution is 2.26. The lowest BCUT2D eigenvalue weighted by Gasteiger charge is -2.09. The van der Waals surface area contributed by atoms with Gasteiger partial charge in [-0.2, -0.15) is 0 Å². The van der Waals surface area contributed by atoms with Gasteiger partial charge in [-0.15, -0.1) is 0 Å². The highest BCUT2D eigenvalue weighted by atomic mass is 79.9. The summed E-state index contributed by atoms with van der Waals surface area (Å²) in [4.78, 5) is 10.5. The Balaban J connectivity index is 2.16. The molecule has 0 saturated heterocycles. The molecule has 1 N–H and O–H groups in total. The van der Waals surface area contributed by atoms with Gasteiger partial charge in [0.2, 0.25) is 0 Å². The summed E-state index contributed by atoms with van der Waals surface area (Å²) in [7, 11) is 1.61. The van der Waals surface area contributed by atoms with E-state index in [1.165, 1.54) is 18.2 Å². The Morgan fingerprint density at radius 2 is 2.10 bits per heavy atom. The van der Waals surface area contributed by atoms with E-state index in [0.717, 1.165) is 0 Å². The molecule has 21 heavy (non-hydrogen) atoms. The number of nitrogens with zero attached hydrogens (tertiary/aromatic N) is 1. The van der Waals surface area contributed by atoms with E-state index in [4.69, 9.17) is 4.74 Å². The lowest BCUT2D eigenvalue weighted by Crippen LogP contribution is -2.01. The molecule has 0 radical (unpaired) electrons. The van der Waals surface area contributed by atoms with Crippen LogP contribution < -0.4 is 10.1 Å². The van der Waals surface area contributed by atoms with Gasteiger partial charge in [-0.1, -0.05) is 22.0 Å². The Labute approximate surface area is 129 Å². The number of anilines is 1. The maximum Gasteiger partial charge on any atom is 0.292 e. The van der Waals surface area contributed by atoms with Crippen LogP contribution in [0.3, 0.4) is 0 Å². The molecule has 0 amide bonds. The molecule has 0 spiro atoms. The van der Waals surface area contributed by atoms with Crippen molar-refractivity contribution in [3.63, 3.8) is 0 Å². The molecule has 0 bridgehead atoms. The highest BCUT2D eigenvalue weighted by molar-refractivity contribution is 9.10. The molecule has 0 saturated carbocycles. The summed E-state index contributed by atoms with van der Waals surface area (Å²) in [5.74, 6) is -0.399. The number of hydrogen-bond acceptors (Lipinski definition) is 4. The smallest absolute Gasteiger partial charge is 0.292 e. The number of benzene rings is 2. The van der Waals surface area contributed by atoms with Crippen molar-refractivity contribution in [1.82, 2.24) is 0 Å². The first kappa shape index (κ1) is 15.2. The number of ether oxygens (including phenoxy) is 1. The Morgan fingerprint density at radius 1 is 1.33 bits per heavy atom. The van der Waals surface area contributed by atoms with Gasteiger partial charge in [-0.3, -0.25) is 10.1 Å². The summed E-state index contributed by atoms with van der Waals surface area (Å²) in [5.41, 5.74) is 0.955. The average Bonchev–Trinajstić information content (AvgIpc) is 2.46. The van der Waals surface area contributed by atoms with Gasteiger partial charge in [-0.05, 0) is 29.8 Å². The number of hydrogen-bond donors (Lipinski definition) is 1. The minimum absolute atomic E-state index is 0.0450. The molecule has 0 fully saturated rings. The summed E-state index contributed by atoms with van der Waals surface area (Å²) in [6.45, 7) is 0.0450. The molecule has 0 aliphatic carbocycles. The van der Waals surface area contributed by atoms with Crippen molar-refractivity contribution >= 4 is 27.3 Å². The largest absolute Gasteiger partial charge is 0.486 e. The Kier molecular flexibility index (Phi) is 4.74. The Hall–Kier alpha value is -2.15. The fraction of sp³-hybridized carbons (Fsp3) is 0.143. The van der Waals surface area contributed by atoms with E-state index in [-0.39, 0.29) is 18.0 Å². The molecule has 0 aromatic heterocycles. The zero-order chi connectivity index (χ0) is 15.4. The SMILES string of the molecule is CNc1ccc(COc2ccc(Br)cc2F)cc1[N+](=O)[O-]. The van der Waals surface area contributed by atoms with E-state index in [0.29, 0.717) is 15.7 Å². The van der Waals surface area contributed by atoms with Crippen molar-refractivity contribution in [2.24, 2.45) is 0 Å². The molecule has 0 aliphatic rings. The molecule has 2 rings (SSSR count). The van der Waals surface area contributed by atoms with Crippen LogP contribution in [0.1, 0.15) is 5.56 Å². The van der Waals surface area contributed by atoms with Gasteiger partial charge in [-0.25, -0.2) is 4.39 Å². The second kappa shape index (κ2) is 6.53. The summed E-state index contributed by atoms with van der Waals surface area (Å²) >= 11 is 3.16. The van der Waals surface area contributed by atoms with Gasteiger partial charge in [0.05, 0.1) is 4.92 Å². The number of nitro groups is 1. The lowest BCUT2D eigenvalue weighted by molar-refractivity contribution is -0.384. The molecule has 0 unspecified atom stereocenters. The van der Waals surface area contributed by atoms with Crippen LogP contribution in [0.2, 0.25) is 0 Å². The molecular formula is C14H12BrFN2O3. The third-order valence-electron chi connectivity index (χ3n) is 2.82. The van der Waals surface area contributed by atoms with E-state index in [2.05, 4.69) is 21.2 Å². The minimum Gasteiger partial charge on any atom is -0.486 e. The first-order valence-electron chi connectivity index (χ1n) is 6.04. The normalized spacial score (nSPS) is 10.2. The van der Waals surface area contributed by atoms with Crippen molar-refractivity contribution in [3.8, 4) is 5.75 Å². The van der Waals surface area contributed by atoms with Gasteiger partial charge in [0.25, 0.3) is 5.69 Å². The van der Waals surface area contributed by atoms with Crippen molar-refractivity contribution in [1.29, 1.82) is 0 Å². The fourth-order valence-electron chi connectivity index (χ4n) is 1.78. The van der Waals surface area contributed by atoms with Crippen LogP contribution in [0.25, 0.3) is 0 Å². The molecule has 110 valence electrons. The highest BCUT2D eigenvalue weighted by Gasteiger charge is 2.14. The van der Waals surface area contributed by atoms with Gasteiger partial charge in [0.15, 0.2) is 11.6 Å². The van der Waals surface area contributed by atoms with Gasteiger partial charge >= 0.3 is 0 Å². The zero-order valence-electron chi connectivity index (χ0n) is 11.1. The first-order valence-corrected chi connectivity index (χ1v) is 6.83. The van der Waals surface area contributed by atoms with Gasteiger partial charge < -0.3 is 10.1 Å². The number of nitro benzene ring substituents is 1. The third kappa shape index (κ3) is 3.69. The third-order valence-corrected chi connectivity index (χ3v) is 3.31. The first-order chi connectivity index (χ1) is 10.0. The van der Waals surface area contributed by atoms with Crippen molar-refractivity contribution in [2.45, 2.75) is 6.61 Å². The molecular weight excluding hydrogens is 343 g/mol. The molecule has 0 heterocycles. The number of halogens is 2. The van der Waals surface area contributed by atoms with Crippen molar-refractivity contribution in [3.05, 3.63) is 62.4 Å². The monoisotopic (exact) mass is 354 g/mol. The zero-order valence-corrected chi connectivity index (χ0v) is 12.7. The fourth-order valence-corrected chi connectivity index (χ4v) is 2.12. The van der Waals surface area contributed by atoms with Crippen LogP contribution in [-0.4, -0.2) is 12.0 Å². The van der Waals surface area contributed by atoms with E-state index >= 15 is 0 Å². The van der Waals surface area contributed by atoms with Crippen LogP contribution >= 0.6 is 15.9 Å². The average molecular weight is 355 g/mol. The van der Waals surface area contributed by atoms with Gasteiger partial charge in [0, 0.05) is 17.6 Å². The predicted octanol–water partition coefficient (Wildman–Crippen LogP) is 4.12. The van der Waals surface area contributed by atoms with E-state index < -0.39 is 10.7 Å². The van der Waals surface area contributed by atoms with Crippen molar-refractivity contribution < 1.29 is 14.1 Å². The lowest BCUT2D eigenvalue weighted by atomic mass is 10.2. The topological polar surface area (TPSA) is 64.4 Å². The Morgan fingerprint density at radius 3 is 2.71 bits per heavy atom. The van der Waals surface area contributed by atoms with Crippen LogP contribution in [0.4, 0.5) is 15.8 Å². The molecule has 5 nitrogen and oxygen atoms in total.